The molecule has 1 fully saturated rings. The molecule has 0 spiro atoms. The summed E-state index contributed by atoms with van der Waals surface area (Å²) >= 11 is 0. The molecule has 7 nitrogen and oxygen atoms in total. The molecule has 3 rings (SSSR count). The van der Waals surface area contributed by atoms with Crippen LogP contribution in [0.3, 0.4) is 0 Å². The van der Waals surface area contributed by atoms with Crippen molar-refractivity contribution in [1.82, 2.24) is 20.4 Å². The van der Waals surface area contributed by atoms with Crippen molar-refractivity contribution in [3.8, 4) is 0 Å². The maximum Gasteiger partial charge on any atom is 0.401 e. The summed E-state index contributed by atoms with van der Waals surface area (Å²) in [6, 6.07) is 6.52. The number of rotatable bonds is 6. The third kappa shape index (κ3) is 6.06. The van der Waals surface area contributed by atoms with E-state index in [1.807, 2.05) is 6.92 Å². The highest BCUT2D eigenvalue weighted by molar-refractivity contribution is 14.0. The van der Waals surface area contributed by atoms with E-state index < -0.39 is 12.7 Å². The van der Waals surface area contributed by atoms with E-state index in [-0.39, 0.29) is 61.5 Å². The van der Waals surface area contributed by atoms with Gasteiger partial charge in [0.1, 0.15) is 0 Å². The Morgan fingerprint density at radius 3 is 2.40 bits per heavy atom. The van der Waals surface area contributed by atoms with Gasteiger partial charge in [0.2, 0.25) is 0 Å². The van der Waals surface area contributed by atoms with Crippen LogP contribution in [-0.4, -0.2) is 79.1 Å². The topological polar surface area (TPSA) is 77.0 Å². The average Bonchev–Trinajstić information content (AvgIpc) is 3.18. The maximum absolute atomic E-state index is 12.5. The Labute approximate surface area is 190 Å². The summed E-state index contributed by atoms with van der Waals surface area (Å²) in [4.78, 5) is 31.6. The zero-order chi connectivity index (χ0) is 21.0. The van der Waals surface area contributed by atoms with Gasteiger partial charge in [-0.2, -0.15) is 13.2 Å². The number of carbonyl (C=O) groups excluding carboxylic acids is 2. The molecule has 0 aliphatic carbocycles. The summed E-state index contributed by atoms with van der Waals surface area (Å²) in [6.07, 6.45) is -3.63. The average molecular weight is 539 g/mol. The Bertz CT molecular complexity index is 768. The Balaban J connectivity index is 0.00000320. The van der Waals surface area contributed by atoms with Crippen LogP contribution in [0.25, 0.3) is 0 Å². The van der Waals surface area contributed by atoms with Gasteiger partial charge in [0.15, 0.2) is 5.96 Å². The van der Waals surface area contributed by atoms with Gasteiger partial charge in [-0.3, -0.25) is 24.4 Å². The molecule has 1 aromatic rings. The lowest BCUT2D eigenvalue weighted by molar-refractivity contribution is -0.143. The molecule has 2 amide bonds. The van der Waals surface area contributed by atoms with Crippen molar-refractivity contribution in [2.75, 3.05) is 39.3 Å². The number of aliphatic imine (C=N–C) groups is 1. The summed E-state index contributed by atoms with van der Waals surface area (Å²) in [5, 5.41) is 6.19. The van der Waals surface area contributed by atoms with Crippen LogP contribution >= 0.6 is 24.0 Å². The first-order chi connectivity index (χ1) is 13.8. The van der Waals surface area contributed by atoms with Gasteiger partial charge in [0.25, 0.3) is 11.8 Å². The monoisotopic (exact) mass is 539 g/mol. The minimum absolute atomic E-state index is 0. The zero-order valence-electron chi connectivity index (χ0n) is 16.5. The first kappa shape index (κ1) is 24.4. The summed E-state index contributed by atoms with van der Waals surface area (Å²) in [6.45, 7) is 2.52. The molecule has 2 N–H and O–H groups in total. The molecule has 2 heterocycles. The predicted octanol–water partition coefficient (Wildman–Crippen LogP) is 2.09. The number of hydrogen-bond donors (Lipinski definition) is 2. The Morgan fingerprint density at radius 1 is 1.20 bits per heavy atom. The van der Waals surface area contributed by atoms with Crippen molar-refractivity contribution in [3.05, 3.63) is 35.4 Å². The SMILES string of the molecule is CCNC(=NCCN1C(=O)c2ccccc2C1=O)NC1CCN(CC(F)(F)F)C1.I. The van der Waals surface area contributed by atoms with Crippen LogP contribution in [0.4, 0.5) is 13.2 Å². The van der Waals surface area contributed by atoms with Gasteiger partial charge in [-0.25, -0.2) is 0 Å². The number of carbonyl (C=O) groups is 2. The van der Waals surface area contributed by atoms with Crippen molar-refractivity contribution >= 4 is 41.8 Å². The van der Waals surface area contributed by atoms with Crippen molar-refractivity contribution in [3.63, 3.8) is 0 Å². The van der Waals surface area contributed by atoms with E-state index in [0.29, 0.717) is 36.6 Å². The number of alkyl halides is 3. The van der Waals surface area contributed by atoms with E-state index in [4.69, 9.17) is 0 Å². The minimum atomic E-state index is -4.21. The van der Waals surface area contributed by atoms with Crippen LogP contribution in [0.1, 0.15) is 34.1 Å². The number of likely N-dealkylation sites (tertiary alicyclic amines) is 1. The number of guanidine groups is 1. The van der Waals surface area contributed by atoms with E-state index >= 15 is 0 Å². The number of nitrogens with zero attached hydrogens (tertiary/aromatic N) is 3. The number of halogens is 4. The molecule has 1 unspecified atom stereocenters. The summed E-state index contributed by atoms with van der Waals surface area (Å²) in [7, 11) is 0. The van der Waals surface area contributed by atoms with Crippen LogP contribution in [0.2, 0.25) is 0 Å². The van der Waals surface area contributed by atoms with Crippen LogP contribution in [-0.2, 0) is 0 Å². The highest BCUT2D eigenvalue weighted by Crippen LogP contribution is 2.22. The largest absolute Gasteiger partial charge is 0.401 e. The Kier molecular flexibility index (Phi) is 8.47. The van der Waals surface area contributed by atoms with Crippen LogP contribution in [0.15, 0.2) is 29.3 Å². The number of hydrogen-bond acceptors (Lipinski definition) is 4. The smallest absolute Gasteiger partial charge is 0.357 e. The predicted molar refractivity (Wildman–Crippen MR) is 117 cm³/mol. The van der Waals surface area contributed by atoms with Gasteiger partial charge < -0.3 is 10.6 Å². The van der Waals surface area contributed by atoms with E-state index in [1.165, 1.54) is 9.80 Å². The molecular weight excluding hydrogens is 514 g/mol. The number of benzene rings is 1. The maximum atomic E-state index is 12.5. The third-order valence-electron chi connectivity index (χ3n) is 4.83. The number of amides is 2. The zero-order valence-corrected chi connectivity index (χ0v) is 18.9. The second-order valence-corrected chi connectivity index (χ2v) is 7.05. The van der Waals surface area contributed by atoms with Gasteiger partial charge in [-0.1, -0.05) is 12.1 Å². The second kappa shape index (κ2) is 10.4. The van der Waals surface area contributed by atoms with Gasteiger partial charge in [0, 0.05) is 32.2 Å². The van der Waals surface area contributed by atoms with Crippen molar-refractivity contribution < 1.29 is 22.8 Å². The number of nitrogens with one attached hydrogen (secondary N) is 2. The Hall–Kier alpha value is -1.89. The molecule has 0 bridgehead atoms. The fourth-order valence-electron chi connectivity index (χ4n) is 3.57. The molecule has 2 aliphatic heterocycles. The summed E-state index contributed by atoms with van der Waals surface area (Å²) in [5.41, 5.74) is 0.782. The molecule has 1 aromatic carbocycles. The summed E-state index contributed by atoms with van der Waals surface area (Å²) < 4.78 is 37.6. The molecule has 11 heteroatoms. The number of imide groups is 1. The van der Waals surface area contributed by atoms with Gasteiger partial charge in [-0.15, -0.1) is 24.0 Å². The van der Waals surface area contributed by atoms with Crippen molar-refractivity contribution in [2.45, 2.75) is 25.6 Å². The van der Waals surface area contributed by atoms with E-state index in [9.17, 15) is 22.8 Å². The minimum Gasteiger partial charge on any atom is -0.357 e. The standard InChI is InChI=1S/C19H24F3N5O2.HI/c1-2-23-18(25-13-7-9-26(11-13)12-19(20,21)22)24-8-10-27-16(28)14-5-3-4-6-15(14)17(27)29;/h3-6,13H,2,7-12H2,1H3,(H2,23,24,25);1H. The van der Waals surface area contributed by atoms with Crippen LogP contribution in [0.5, 0.6) is 0 Å². The lowest BCUT2D eigenvalue weighted by atomic mass is 10.1. The fraction of sp³-hybridized carbons (Fsp3) is 0.526. The summed E-state index contributed by atoms with van der Waals surface area (Å²) in [5.74, 6) is -0.211. The first-order valence-corrected chi connectivity index (χ1v) is 9.57. The van der Waals surface area contributed by atoms with E-state index in [2.05, 4.69) is 15.6 Å². The lowest BCUT2D eigenvalue weighted by Gasteiger charge is -2.20. The fourth-order valence-corrected chi connectivity index (χ4v) is 3.57. The van der Waals surface area contributed by atoms with Gasteiger partial charge in [-0.05, 0) is 25.5 Å². The van der Waals surface area contributed by atoms with Crippen molar-refractivity contribution in [1.29, 1.82) is 0 Å². The van der Waals surface area contributed by atoms with Gasteiger partial charge >= 0.3 is 6.18 Å². The Morgan fingerprint density at radius 2 is 1.83 bits per heavy atom. The molecular formula is C19H25F3IN5O2. The normalized spacial score (nSPS) is 19.7. The molecule has 0 aromatic heterocycles. The highest BCUT2D eigenvalue weighted by Gasteiger charge is 2.35. The lowest BCUT2D eigenvalue weighted by Crippen LogP contribution is -2.45. The van der Waals surface area contributed by atoms with E-state index in [1.54, 1.807) is 24.3 Å². The highest BCUT2D eigenvalue weighted by atomic mass is 127. The molecule has 1 atom stereocenters. The molecule has 166 valence electrons. The second-order valence-electron chi connectivity index (χ2n) is 7.05. The molecule has 0 saturated carbocycles. The quantitative estimate of drug-likeness (QED) is 0.251. The molecule has 1 saturated heterocycles. The van der Waals surface area contributed by atoms with Crippen molar-refractivity contribution in [2.24, 2.45) is 4.99 Å². The number of fused-ring (bicyclic) bond motifs is 1. The molecule has 30 heavy (non-hydrogen) atoms. The third-order valence-corrected chi connectivity index (χ3v) is 4.83. The van der Waals surface area contributed by atoms with Crippen LogP contribution in [0, 0.1) is 0 Å². The molecule has 0 radical (unpaired) electrons. The van der Waals surface area contributed by atoms with Crippen LogP contribution < -0.4 is 10.6 Å². The first-order valence-electron chi connectivity index (χ1n) is 9.57. The molecule has 2 aliphatic rings. The van der Waals surface area contributed by atoms with Gasteiger partial charge in [0.05, 0.1) is 24.2 Å². The van der Waals surface area contributed by atoms with E-state index in [0.717, 1.165) is 0 Å².